The Balaban J connectivity index is 2.17. The average Bonchev–Trinajstić information content (AvgIpc) is 2.52. The van der Waals surface area contributed by atoms with E-state index >= 15 is 0 Å². The lowest BCUT2D eigenvalue weighted by Gasteiger charge is -2.29. The minimum absolute atomic E-state index is 0.119. The van der Waals surface area contributed by atoms with Crippen molar-refractivity contribution in [2.24, 2.45) is 0 Å². The number of hydrogen-bond acceptors (Lipinski definition) is 4. The molecule has 116 valence electrons. The van der Waals surface area contributed by atoms with E-state index in [1.54, 1.807) is 24.4 Å². The van der Waals surface area contributed by atoms with Crippen molar-refractivity contribution >= 4 is 39.7 Å². The van der Waals surface area contributed by atoms with Crippen molar-refractivity contribution in [3.05, 3.63) is 51.8 Å². The van der Waals surface area contributed by atoms with Crippen LogP contribution in [0.3, 0.4) is 0 Å². The molecule has 1 aromatic carbocycles. The van der Waals surface area contributed by atoms with Crippen LogP contribution in [0.15, 0.2) is 39.7 Å². The first-order chi connectivity index (χ1) is 11.0. The Bertz CT molecular complexity index is 1030. The van der Waals surface area contributed by atoms with Crippen LogP contribution in [-0.2, 0) is 5.88 Å². The van der Waals surface area contributed by atoms with Gasteiger partial charge in [0.2, 0.25) is 11.1 Å². The third-order valence-electron chi connectivity index (χ3n) is 4.01. The van der Waals surface area contributed by atoms with E-state index in [4.69, 9.17) is 20.8 Å². The molecular weight excluding hydrogens is 314 g/mol. The zero-order valence-electron chi connectivity index (χ0n) is 12.7. The standard InChI is InChI=1S/C18H14ClNO3/c1-18(2)6-5-10-12(9-19)15-14(8-13(10)23-18)22-17-11(16(15)21)4-3-7-20-17/h3-8H,9H2,1-2H3. The summed E-state index contributed by atoms with van der Waals surface area (Å²) in [6, 6.07) is 5.18. The first kappa shape index (κ1) is 14.3. The number of hydrogen-bond donors (Lipinski definition) is 0. The lowest BCUT2D eigenvalue weighted by Crippen LogP contribution is -2.28. The van der Waals surface area contributed by atoms with E-state index in [0.29, 0.717) is 27.8 Å². The molecule has 0 saturated heterocycles. The monoisotopic (exact) mass is 327 g/mol. The Morgan fingerprint density at radius 2 is 2.17 bits per heavy atom. The molecule has 2 aromatic heterocycles. The van der Waals surface area contributed by atoms with Gasteiger partial charge in [0.25, 0.3) is 0 Å². The number of ether oxygens (including phenoxy) is 1. The van der Waals surface area contributed by atoms with Gasteiger partial charge in [0.05, 0.1) is 10.8 Å². The smallest absolute Gasteiger partial charge is 0.230 e. The summed E-state index contributed by atoms with van der Waals surface area (Å²) in [4.78, 5) is 17.0. The molecule has 0 N–H and O–H groups in total. The third kappa shape index (κ3) is 2.13. The summed E-state index contributed by atoms with van der Waals surface area (Å²) in [6.45, 7) is 3.93. The van der Waals surface area contributed by atoms with E-state index in [-0.39, 0.29) is 11.3 Å². The van der Waals surface area contributed by atoms with E-state index in [1.807, 2.05) is 26.0 Å². The summed E-state index contributed by atoms with van der Waals surface area (Å²) in [6.07, 6.45) is 5.52. The van der Waals surface area contributed by atoms with Crippen LogP contribution in [0.4, 0.5) is 0 Å². The van der Waals surface area contributed by atoms with Crippen molar-refractivity contribution in [1.82, 2.24) is 4.98 Å². The molecule has 23 heavy (non-hydrogen) atoms. The number of benzene rings is 1. The van der Waals surface area contributed by atoms with Gasteiger partial charge < -0.3 is 9.15 Å². The van der Waals surface area contributed by atoms with E-state index < -0.39 is 5.60 Å². The summed E-state index contributed by atoms with van der Waals surface area (Å²) in [5, 5.41) is 0.944. The number of alkyl halides is 1. The Morgan fingerprint density at radius 1 is 1.35 bits per heavy atom. The summed E-state index contributed by atoms with van der Waals surface area (Å²) >= 11 is 6.15. The zero-order chi connectivity index (χ0) is 16.2. The number of halogens is 1. The van der Waals surface area contributed by atoms with Gasteiger partial charge >= 0.3 is 0 Å². The number of nitrogens with zero attached hydrogens (tertiary/aromatic N) is 1. The molecule has 0 radical (unpaired) electrons. The topological polar surface area (TPSA) is 52.3 Å². The fourth-order valence-corrected chi connectivity index (χ4v) is 3.20. The summed E-state index contributed by atoms with van der Waals surface area (Å²) in [5.74, 6) is 0.865. The predicted molar refractivity (Wildman–Crippen MR) is 91.1 cm³/mol. The molecule has 1 aliphatic heterocycles. The molecule has 0 bridgehead atoms. The van der Waals surface area contributed by atoms with Gasteiger partial charge in [-0.05, 0) is 37.6 Å². The van der Waals surface area contributed by atoms with Gasteiger partial charge in [0.15, 0.2) is 0 Å². The zero-order valence-corrected chi connectivity index (χ0v) is 13.5. The van der Waals surface area contributed by atoms with E-state index in [0.717, 1.165) is 11.1 Å². The Kier molecular flexibility index (Phi) is 3.00. The van der Waals surface area contributed by atoms with Crippen LogP contribution in [0.5, 0.6) is 5.75 Å². The van der Waals surface area contributed by atoms with Crippen LogP contribution in [0, 0.1) is 0 Å². The first-order valence-electron chi connectivity index (χ1n) is 7.32. The van der Waals surface area contributed by atoms with Crippen molar-refractivity contribution in [3.8, 4) is 5.75 Å². The predicted octanol–water partition coefficient (Wildman–Crippen LogP) is 4.26. The molecule has 0 amide bonds. The quantitative estimate of drug-likeness (QED) is 0.495. The van der Waals surface area contributed by atoms with Crippen molar-refractivity contribution in [2.75, 3.05) is 0 Å². The molecule has 0 atom stereocenters. The first-order valence-corrected chi connectivity index (χ1v) is 7.85. The summed E-state index contributed by atoms with van der Waals surface area (Å²) < 4.78 is 11.8. The summed E-state index contributed by atoms with van der Waals surface area (Å²) in [7, 11) is 0. The number of fused-ring (bicyclic) bond motifs is 3. The molecule has 0 unspecified atom stereocenters. The van der Waals surface area contributed by atoms with Crippen LogP contribution < -0.4 is 10.2 Å². The Morgan fingerprint density at radius 3 is 2.96 bits per heavy atom. The maximum absolute atomic E-state index is 12.9. The minimum Gasteiger partial charge on any atom is -0.483 e. The highest BCUT2D eigenvalue weighted by molar-refractivity contribution is 6.18. The van der Waals surface area contributed by atoms with E-state index in [9.17, 15) is 4.79 Å². The molecular formula is C18H14ClNO3. The van der Waals surface area contributed by atoms with Crippen LogP contribution in [-0.4, -0.2) is 10.6 Å². The van der Waals surface area contributed by atoms with Crippen LogP contribution in [0.2, 0.25) is 0 Å². The van der Waals surface area contributed by atoms with Gasteiger partial charge in [-0.15, -0.1) is 11.6 Å². The van der Waals surface area contributed by atoms with Crippen molar-refractivity contribution < 1.29 is 9.15 Å². The fourth-order valence-electron chi connectivity index (χ4n) is 2.92. The highest BCUT2D eigenvalue weighted by atomic mass is 35.5. The second kappa shape index (κ2) is 4.83. The third-order valence-corrected chi connectivity index (χ3v) is 4.28. The SMILES string of the molecule is CC1(C)C=Cc2c(cc3oc4ncccc4c(=O)c3c2CCl)O1. The maximum Gasteiger partial charge on any atom is 0.230 e. The van der Waals surface area contributed by atoms with Crippen LogP contribution >= 0.6 is 11.6 Å². The molecule has 4 nitrogen and oxygen atoms in total. The highest BCUT2D eigenvalue weighted by Gasteiger charge is 2.26. The average molecular weight is 328 g/mol. The number of aromatic nitrogens is 1. The molecule has 1 aliphatic rings. The highest BCUT2D eigenvalue weighted by Crippen LogP contribution is 2.38. The van der Waals surface area contributed by atoms with Gasteiger partial charge in [0.1, 0.15) is 16.9 Å². The number of pyridine rings is 1. The molecule has 3 aromatic rings. The normalized spacial score (nSPS) is 15.6. The van der Waals surface area contributed by atoms with Crippen molar-refractivity contribution in [2.45, 2.75) is 25.3 Å². The second-order valence-corrected chi connectivity index (χ2v) is 6.37. The van der Waals surface area contributed by atoms with Crippen molar-refractivity contribution in [1.29, 1.82) is 0 Å². The largest absolute Gasteiger partial charge is 0.483 e. The fraction of sp³-hybridized carbons (Fsp3) is 0.222. The lowest BCUT2D eigenvalue weighted by molar-refractivity contribution is 0.159. The van der Waals surface area contributed by atoms with E-state index in [2.05, 4.69) is 4.98 Å². The van der Waals surface area contributed by atoms with Crippen molar-refractivity contribution in [3.63, 3.8) is 0 Å². The Hall–Kier alpha value is -2.33. The molecule has 5 heteroatoms. The van der Waals surface area contributed by atoms with E-state index in [1.165, 1.54) is 0 Å². The Labute approximate surface area is 137 Å². The van der Waals surface area contributed by atoms with Gasteiger partial charge in [-0.1, -0.05) is 6.08 Å². The molecule has 4 rings (SSSR count). The molecule has 0 spiro atoms. The molecule has 0 aliphatic carbocycles. The molecule has 3 heterocycles. The molecule has 0 saturated carbocycles. The maximum atomic E-state index is 12.9. The van der Waals surface area contributed by atoms with Gasteiger partial charge in [-0.3, -0.25) is 4.79 Å². The van der Waals surface area contributed by atoms with Crippen LogP contribution in [0.1, 0.15) is 25.0 Å². The molecule has 0 fully saturated rings. The van der Waals surface area contributed by atoms with Gasteiger partial charge in [0, 0.05) is 23.7 Å². The number of rotatable bonds is 1. The lowest BCUT2D eigenvalue weighted by atomic mass is 9.96. The van der Waals surface area contributed by atoms with Gasteiger partial charge in [-0.2, -0.15) is 0 Å². The minimum atomic E-state index is -0.417. The summed E-state index contributed by atoms with van der Waals surface area (Å²) in [5.41, 5.74) is 1.79. The van der Waals surface area contributed by atoms with Crippen LogP contribution in [0.25, 0.3) is 28.1 Å². The van der Waals surface area contributed by atoms with Gasteiger partial charge in [-0.25, -0.2) is 4.98 Å². The second-order valence-electron chi connectivity index (χ2n) is 6.10.